The molecule has 0 aromatic heterocycles. The SMILES string of the molecule is CCCCOC(=O)NC1CCN(C(=O)c2ccccc2C)CC1. The zero-order valence-electron chi connectivity index (χ0n) is 14.0. The highest BCUT2D eigenvalue weighted by atomic mass is 16.5. The molecule has 0 radical (unpaired) electrons. The highest BCUT2D eigenvalue weighted by molar-refractivity contribution is 5.95. The number of carbonyl (C=O) groups is 2. The van der Waals surface area contributed by atoms with Crippen LogP contribution in [0.3, 0.4) is 0 Å². The molecule has 2 rings (SSSR count). The maximum atomic E-state index is 12.5. The second-order valence-corrected chi connectivity index (χ2v) is 6.02. The Labute approximate surface area is 138 Å². The molecule has 1 fully saturated rings. The predicted molar refractivity (Wildman–Crippen MR) is 89.5 cm³/mol. The van der Waals surface area contributed by atoms with Gasteiger partial charge in [-0.2, -0.15) is 0 Å². The lowest BCUT2D eigenvalue weighted by atomic mass is 10.0. The first kappa shape index (κ1) is 17.3. The standard InChI is InChI=1S/C18H26N2O3/c1-3-4-13-23-18(22)19-15-9-11-20(12-10-15)17(21)16-8-6-5-7-14(16)2/h5-8,15H,3-4,9-13H2,1-2H3,(H,19,22). The van der Waals surface area contributed by atoms with Crippen LogP contribution >= 0.6 is 0 Å². The zero-order valence-corrected chi connectivity index (χ0v) is 14.0. The Morgan fingerprint density at radius 2 is 1.96 bits per heavy atom. The predicted octanol–water partition coefficient (Wildman–Crippen LogP) is 3.13. The first-order chi connectivity index (χ1) is 11.1. The summed E-state index contributed by atoms with van der Waals surface area (Å²) in [5, 5.41) is 2.89. The smallest absolute Gasteiger partial charge is 0.407 e. The van der Waals surface area contributed by atoms with Crippen LogP contribution in [0.15, 0.2) is 24.3 Å². The Hall–Kier alpha value is -2.04. The zero-order chi connectivity index (χ0) is 16.7. The van der Waals surface area contributed by atoms with Gasteiger partial charge in [0.1, 0.15) is 0 Å². The summed E-state index contributed by atoms with van der Waals surface area (Å²) in [6.45, 7) is 5.80. The van der Waals surface area contributed by atoms with Crippen molar-refractivity contribution in [2.75, 3.05) is 19.7 Å². The van der Waals surface area contributed by atoms with E-state index in [2.05, 4.69) is 12.2 Å². The number of likely N-dealkylation sites (tertiary alicyclic amines) is 1. The number of rotatable bonds is 5. The Kier molecular flexibility index (Phi) is 6.44. The van der Waals surface area contributed by atoms with Crippen molar-refractivity contribution in [2.24, 2.45) is 0 Å². The first-order valence-electron chi connectivity index (χ1n) is 8.40. The fourth-order valence-corrected chi connectivity index (χ4v) is 2.73. The lowest BCUT2D eigenvalue weighted by Crippen LogP contribution is -2.46. The second kappa shape index (κ2) is 8.56. The topological polar surface area (TPSA) is 58.6 Å². The third-order valence-electron chi connectivity index (χ3n) is 4.21. The number of nitrogens with zero attached hydrogens (tertiary/aromatic N) is 1. The van der Waals surface area contributed by atoms with E-state index in [4.69, 9.17) is 4.74 Å². The molecule has 1 aromatic rings. The first-order valence-corrected chi connectivity index (χ1v) is 8.40. The van der Waals surface area contributed by atoms with Gasteiger partial charge < -0.3 is 15.0 Å². The summed E-state index contributed by atoms with van der Waals surface area (Å²) in [5.74, 6) is 0.0760. The van der Waals surface area contributed by atoms with Gasteiger partial charge in [0.2, 0.25) is 0 Å². The summed E-state index contributed by atoms with van der Waals surface area (Å²) in [4.78, 5) is 26.1. The molecular weight excluding hydrogens is 292 g/mol. The maximum Gasteiger partial charge on any atom is 0.407 e. The van der Waals surface area contributed by atoms with Crippen LogP contribution in [0, 0.1) is 6.92 Å². The molecule has 0 spiro atoms. The second-order valence-electron chi connectivity index (χ2n) is 6.02. The lowest BCUT2D eigenvalue weighted by molar-refractivity contribution is 0.0701. The fourth-order valence-electron chi connectivity index (χ4n) is 2.73. The molecule has 23 heavy (non-hydrogen) atoms. The number of benzene rings is 1. The largest absolute Gasteiger partial charge is 0.450 e. The third-order valence-corrected chi connectivity index (χ3v) is 4.21. The number of nitrogens with one attached hydrogen (secondary N) is 1. The Balaban J connectivity index is 1.79. The van der Waals surface area contributed by atoms with Gasteiger partial charge in [-0.25, -0.2) is 4.79 Å². The summed E-state index contributed by atoms with van der Waals surface area (Å²) in [5.41, 5.74) is 1.76. The van der Waals surface area contributed by atoms with Gasteiger partial charge in [-0.05, 0) is 37.8 Å². The molecule has 5 nitrogen and oxygen atoms in total. The van der Waals surface area contributed by atoms with E-state index in [1.54, 1.807) is 0 Å². The van der Waals surface area contributed by atoms with Gasteiger partial charge >= 0.3 is 6.09 Å². The minimum atomic E-state index is -0.345. The molecule has 1 heterocycles. The van der Waals surface area contributed by atoms with Crippen molar-refractivity contribution in [2.45, 2.75) is 45.6 Å². The molecule has 1 saturated heterocycles. The van der Waals surface area contributed by atoms with Gasteiger partial charge in [-0.1, -0.05) is 31.5 Å². The number of hydrogen-bond acceptors (Lipinski definition) is 3. The van der Waals surface area contributed by atoms with Gasteiger partial charge in [0.25, 0.3) is 5.91 Å². The van der Waals surface area contributed by atoms with Crippen LogP contribution < -0.4 is 5.32 Å². The molecule has 2 amide bonds. The van der Waals surface area contributed by atoms with Gasteiger partial charge in [0.05, 0.1) is 6.61 Å². The van der Waals surface area contributed by atoms with Crippen LogP contribution in [0.1, 0.15) is 48.5 Å². The maximum absolute atomic E-state index is 12.5. The molecule has 0 unspecified atom stereocenters. The average molecular weight is 318 g/mol. The van der Waals surface area contributed by atoms with Crippen molar-refractivity contribution in [1.29, 1.82) is 0 Å². The number of unbranched alkanes of at least 4 members (excludes halogenated alkanes) is 1. The Morgan fingerprint density at radius 3 is 2.61 bits per heavy atom. The average Bonchev–Trinajstić information content (AvgIpc) is 2.56. The molecule has 1 aliphatic heterocycles. The number of ether oxygens (including phenoxy) is 1. The number of hydrogen-bond donors (Lipinski definition) is 1. The summed E-state index contributed by atoms with van der Waals surface area (Å²) in [7, 11) is 0. The molecule has 1 aliphatic rings. The van der Waals surface area contributed by atoms with Crippen LogP contribution in [-0.2, 0) is 4.74 Å². The summed E-state index contributed by atoms with van der Waals surface area (Å²) < 4.78 is 5.11. The van der Waals surface area contributed by atoms with E-state index in [0.717, 1.165) is 36.8 Å². The van der Waals surface area contributed by atoms with Crippen molar-refractivity contribution in [1.82, 2.24) is 10.2 Å². The summed E-state index contributed by atoms with van der Waals surface area (Å²) >= 11 is 0. The molecule has 0 atom stereocenters. The van der Waals surface area contributed by atoms with Gasteiger partial charge in [0.15, 0.2) is 0 Å². The van der Waals surface area contributed by atoms with Crippen molar-refractivity contribution in [3.05, 3.63) is 35.4 Å². The summed E-state index contributed by atoms with van der Waals surface area (Å²) in [6.07, 6.45) is 3.08. The van der Waals surface area contributed by atoms with Crippen molar-refractivity contribution in [3.63, 3.8) is 0 Å². The monoisotopic (exact) mass is 318 g/mol. The molecule has 5 heteroatoms. The fraction of sp³-hybridized carbons (Fsp3) is 0.556. The highest BCUT2D eigenvalue weighted by Crippen LogP contribution is 2.16. The van der Waals surface area contributed by atoms with E-state index in [1.165, 1.54) is 0 Å². The van der Waals surface area contributed by atoms with Crippen molar-refractivity contribution >= 4 is 12.0 Å². The van der Waals surface area contributed by atoms with Gasteiger partial charge in [-0.15, -0.1) is 0 Å². The Morgan fingerprint density at radius 1 is 1.26 bits per heavy atom. The lowest BCUT2D eigenvalue weighted by Gasteiger charge is -2.32. The minimum Gasteiger partial charge on any atom is -0.450 e. The third kappa shape index (κ3) is 4.98. The highest BCUT2D eigenvalue weighted by Gasteiger charge is 2.25. The van der Waals surface area contributed by atoms with Gasteiger partial charge in [0, 0.05) is 24.7 Å². The van der Waals surface area contributed by atoms with E-state index in [0.29, 0.717) is 19.7 Å². The van der Waals surface area contributed by atoms with Crippen LogP contribution in [0.5, 0.6) is 0 Å². The van der Waals surface area contributed by atoms with E-state index >= 15 is 0 Å². The van der Waals surface area contributed by atoms with Crippen LogP contribution in [0.4, 0.5) is 4.79 Å². The number of aryl methyl sites for hydroxylation is 1. The number of amides is 2. The number of piperidine rings is 1. The van der Waals surface area contributed by atoms with Crippen molar-refractivity contribution in [3.8, 4) is 0 Å². The number of alkyl carbamates (subject to hydrolysis) is 1. The minimum absolute atomic E-state index is 0.0760. The van der Waals surface area contributed by atoms with E-state index in [1.807, 2.05) is 36.1 Å². The molecule has 1 N–H and O–H groups in total. The summed E-state index contributed by atoms with van der Waals surface area (Å²) in [6, 6.07) is 7.74. The molecular formula is C18H26N2O3. The van der Waals surface area contributed by atoms with Crippen LogP contribution in [0.25, 0.3) is 0 Å². The molecule has 1 aromatic carbocycles. The van der Waals surface area contributed by atoms with Crippen molar-refractivity contribution < 1.29 is 14.3 Å². The van der Waals surface area contributed by atoms with E-state index < -0.39 is 0 Å². The van der Waals surface area contributed by atoms with E-state index in [-0.39, 0.29) is 18.0 Å². The van der Waals surface area contributed by atoms with E-state index in [9.17, 15) is 9.59 Å². The molecule has 0 aliphatic carbocycles. The Bertz CT molecular complexity index is 537. The molecule has 0 bridgehead atoms. The quantitative estimate of drug-likeness (QED) is 0.849. The number of carbonyl (C=O) groups excluding carboxylic acids is 2. The van der Waals surface area contributed by atoms with Crippen LogP contribution in [0.2, 0.25) is 0 Å². The molecule has 126 valence electrons. The molecule has 0 saturated carbocycles. The van der Waals surface area contributed by atoms with Crippen LogP contribution in [-0.4, -0.2) is 42.6 Å². The van der Waals surface area contributed by atoms with Gasteiger partial charge in [-0.3, -0.25) is 4.79 Å². The normalized spacial score (nSPS) is 15.3.